The first-order chi connectivity index (χ1) is 24.3. The van der Waals surface area contributed by atoms with Crippen molar-refractivity contribution in [3.05, 3.63) is 212 Å². The number of hydrogen-bond acceptors (Lipinski definition) is 1. The van der Waals surface area contributed by atoms with E-state index >= 15 is 0 Å². The molecule has 0 amide bonds. The lowest BCUT2D eigenvalue weighted by Crippen LogP contribution is -2.13. The number of benzene rings is 8. The number of hydrogen-bond donors (Lipinski definition) is 0. The third-order valence-corrected chi connectivity index (χ3v) is 9.08. The zero-order chi connectivity index (χ0) is 32.8. The Bertz CT molecular complexity index is 2120. The van der Waals surface area contributed by atoms with Crippen LogP contribution >= 0.6 is 0 Å². The molecule has 0 spiro atoms. The van der Waals surface area contributed by atoms with Crippen molar-refractivity contribution in [2.24, 2.45) is 0 Å². The third kappa shape index (κ3) is 6.31. The van der Waals surface area contributed by atoms with Crippen LogP contribution in [0.25, 0.3) is 55.6 Å². The molecule has 0 bridgehead atoms. The van der Waals surface area contributed by atoms with Crippen LogP contribution in [0.2, 0.25) is 0 Å². The molecule has 8 aromatic rings. The van der Waals surface area contributed by atoms with Crippen molar-refractivity contribution in [3.8, 4) is 55.6 Å². The second-order valence-corrected chi connectivity index (χ2v) is 12.2. The van der Waals surface area contributed by atoms with Gasteiger partial charge in [-0.15, -0.1) is 0 Å². The molecule has 8 aromatic carbocycles. The molecule has 8 rings (SSSR count). The van der Waals surface area contributed by atoms with Crippen molar-refractivity contribution in [1.82, 2.24) is 0 Å². The van der Waals surface area contributed by atoms with Gasteiger partial charge in [0, 0.05) is 22.5 Å². The third-order valence-electron chi connectivity index (χ3n) is 9.08. The molecule has 0 saturated carbocycles. The maximum absolute atomic E-state index is 2.43. The highest BCUT2D eigenvalue weighted by molar-refractivity contribution is 6.00. The Morgan fingerprint density at radius 3 is 0.816 bits per heavy atom. The van der Waals surface area contributed by atoms with Gasteiger partial charge in [-0.05, 0) is 80.9 Å². The Hall–Kier alpha value is -6.44. The van der Waals surface area contributed by atoms with Gasteiger partial charge in [0.2, 0.25) is 0 Å². The first kappa shape index (κ1) is 29.9. The molecule has 0 aliphatic heterocycles. The Balaban J connectivity index is 1.40. The van der Waals surface area contributed by atoms with Crippen molar-refractivity contribution in [1.29, 1.82) is 0 Å². The molecule has 0 unspecified atom stereocenters. The molecule has 0 radical (unpaired) electrons. The topological polar surface area (TPSA) is 3.24 Å². The standard InChI is InChI=1S/C48H35N/c1-6-16-36(17-7-1)39-26-30-44(31-27-39)49(45-32-28-40(29-33-45)37-18-8-2-9-19-37)48-46(41-22-12-4-13-23-41)34-43(38-20-10-3-11-21-38)35-47(48)42-24-14-5-15-25-42/h1-35H. The molecule has 0 heterocycles. The highest BCUT2D eigenvalue weighted by atomic mass is 15.1. The minimum Gasteiger partial charge on any atom is -0.309 e. The van der Waals surface area contributed by atoms with Crippen molar-refractivity contribution >= 4 is 17.1 Å². The number of nitrogens with zero attached hydrogens (tertiary/aromatic N) is 1. The quantitative estimate of drug-likeness (QED) is 0.162. The Morgan fingerprint density at radius 2 is 0.490 bits per heavy atom. The monoisotopic (exact) mass is 625 g/mol. The second kappa shape index (κ2) is 13.7. The van der Waals surface area contributed by atoms with E-state index in [9.17, 15) is 0 Å². The molecule has 0 aromatic heterocycles. The van der Waals surface area contributed by atoms with Crippen LogP contribution in [0.4, 0.5) is 17.1 Å². The zero-order valence-electron chi connectivity index (χ0n) is 27.2. The fraction of sp³-hybridized carbons (Fsp3) is 0. The first-order valence-electron chi connectivity index (χ1n) is 16.8. The van der Waals surface area contributed by atoms with E-state index in [1.54, 1.807) is 0 Å². The lowest BCUT2D eigenvalue weighted by atomic mass is 9.89. The molecule has 1 heteroatoms. The lowest BCUT2D eigenvalue weighted by molar-refractivity contribution is 1.28. The van der Waals surface area contributed by atoms with E-state index in [-0.39, 0.29) is 0 Å². The molecule has 0 aliphatic rings. The van der Waals surface area contributed by atoms with Crippen molar-refractivity contribution in [3.63, 3.8) is 0 Å². The van der Waals surface area contributed by atoms with Gasteiger partial charge in [0.25, 0.3) is 0 Å². The minimum absolute atomic E-state index is 1.09. The summed E-state index contributed by atoms with van der Waals surface area (Å²) >= 11 is 0. The first-order valence-corrected chi connectivity index (χ1v) is 16.8. The van der Waals surface area contributed by atoms with E-state index < -0.39 is 0 Å². The fourth-order valence-corrected chi connectivity index (χ4v) is 6.62. The van der Waals surface area contributed by atoms with Crippen LogP contribution in [0.1, 0.15) is 0 Å². The van der Waals surface area contributed by atoms with Crippen LogP contribution in [0, 0.1) is 0 Å². The van der Waals surface area contributed by atoms with Gasteiger partial charge < -0.3 is 4.90 Å². The van der Waals surface area contributed by atoms with Crippen molar-refractivity contribution in [2.45, 2.75) is 0 Å². The summed E-state index contributed by atoms with van der Waals surface area (Å²) in [5.74, 6) is 0. The van der Waals surface area contributed by atoms with E-state index in [1.807, 2.05) is 0 Å². The summed E-state index contributed by atoms with van der Waals surface area (Å²) in [6.45, 7) is 0. The van der Waals surface area contributed by atoms with Gasteiger partial charge in [-0.25, -0.2) is 0 Å². The smallest absolute Gasteiger partial charge is 0.0618 e. The Labute approximate surface area is 289 Å². The number of anilines is 3. The Kier molecular flexibility index (Phi) is 8.39. The summed E-state index contributed by atoms with van der Waals surface area (Å²) in [5, 5.41) is 0. The summed E-state index contributed by atoms with van der Waals surface area (Å²) in [6, 6.07) is 76.1. The van der Waals surface area contributed by atoms with Crippen LogP contribution in [0.15, 0.2) is 212 Å². The van der Waals surface area contributed by atoms with Gasteiger partial charge in [-0.2, -0.15) is 0 Å². The predicted octanol–water partition coefficient (Wildman–Crippen LogP) is 13.5. The molecule has 0 fully saturated rings. The van der Waals surface area contributed by atoms with Gasteiger partial charge in [0.15, 0.2) is 0 Å². The van der Waals surface area contributed by atoms with E-state index in [0.717, 1.165) is 17.1 Å². The normalized spacial score (nSPS) is 10.9. The number of rotatable bonds is 8. The summed E-state index contributed by atoms with van der Waals surface area (Å²) in [4.78, 5) is 2.43. The predicted molar refractivity (Wildman–Crippen MR) is 208 cm³/mol. The fourth-order valence-electron chi connectivity index (χ4n) is 6.62. The van der Waals surface area contributed by atoms with Crippen molar-refractivity contribution < 1.29 is 0 Å². The second-order valence-electron chi connectivity index (χ2n) is 12.2. The van der Waals surface area contributed by atoms with Gasteiger partial charge in [0.05, 0.1) is 5.69 Å². The SMILES string of the molecule is c1ccc(-c2ccc(N(c3ccc(-c4ccccc4)cc3)c3c(-c4ccccc4)cc(-c4ccccc4)cc3-c3ccccc3)cc2)cc1. The molecular formula is C48H35N. The van der Waals surface area contributed by atoms with E-state index in [1.165, 1.54) is 55.6 Å². The highest BCUT2D eigenvalue weighted by Gasteiger charge is 2.23. The minimum atomic E-state index is 1.09. The maximum Gasteiger partial charge on any atom is 0.0618 e. The molecule has 232 valence electrons. The van der Waals surface area contributed by atoms with Crippen LogP contribution in [-0.2, 0) is 0 Å². The summed E-state index contributed by atoms with van der Waals surface area (Å²) in [7, 11) is 0. The average molecular weight is 626 g/mol. The molecular weight excluding hydrogens is 591 g/mol. The summed E-state index contributed by atoms with van der Waals surface area (Å²) in [5.41, 5.74) is 15.1. The van der Waals surface area contributed by atoms with Crippen LogP contribution in [0.5, 0.6) is 0 Å². The van der Waals surface area contributed by atoms with Gasteiger partial charge >= 0.3 is 0 Å². The van der Waals surface area contributed by atoms with E-state index in [2.05, 4.69) is 217 Å². The summed E-state index contributed by atoms with van der Waals surface area (Å²) < 4.78 is 0. The van der Waals surface area contributed by atoms with E-state index in [0.29, 0.717) is 0 Å². The van der Waals surface area contributed by atoms with Crippen LogP contribution < -0.4 is 4.90 Å². The Morgan fingerprint density at radius 1 is 0.224 bits per heavy atom. The highest BCUT2D eigenvalue weighted by Crippen LogP contribution is 2.49. The van der Waals surface area contributed by atoms with Gasteiger partial charge in [-0.3, -0.25) is 0 Å². The molecule has 0 N–H and O–H groups in total. The lowest BCUT2D eigenvalue weighted by Gasteiger charge is -2.31. The van der Waals surface area contributed by atoms with Crippen LogP contribution in [0.3, 0.4) is 0 Å². The largest absolute Gasteiger partial charge is 0.309 e. The average Bonchev–Trinajstić information content (AvgIpc) is 3.20. The zero-order valence-corrected chi connectivity index (χ0v) is 27.2. The molecule has 1 nitrogen and oxygen atoms in total. The molecule has 0 saturated heterocycles. The van der Waals surface area contributed by atoms with Gasteiger partial charge in [0.1, 0.15) is 0 Å². The van der Waals surface area contributed by atoms with Crippen molar-refractivity contribution in [2.75, 3.05) is 4.90 Å². The van der Waals surface area contributed by atoms with Crippen LogP contribution in [-0.4, -0.2) is 0 Å². The molecule has 0 atom stereocenters. The molecule has 49 heavy (non-hydrogen) atoms. The molecule has 0 aliphatic carbocycles. The van der Waals surface area contributed by atoms with Gasteiger partial charge in [-0.1, -0.05) is 176 Å². The maximum atomic E-state index is 2.43. The van der Waals surface area contributed by atoms with E-state index in [4.69, 9.17) is 0 Å². The summed E-state index contributed by atoms with van der Waals surface area (Å²) in [6.07, 6.45) is 0.